The van der Waals surface area contributed by atoms with Crippen molar-refractivity contribution in [2.24, 2.45) is 0 Å². The van der Waals surface area contributed by atoms with E-state index in [1.165, 1.54) is 0 Å². The standard InChI is InChI=1S/C12H12N4O/c13-5-1-3-7-9(11(5)15)10-8(17-7)4-2-6(14)12(10)16/h1-4H,13-16H2. The Hall–Kier alpha value is -2.56. The van der Waals surface area contributed by atoms with Crippen LogP contribution in [0.1, 0.15) is 0 Å². The van der Waals surface area contributed by atoms with Crippen molar-refractivity contribution < 1.29 is 4.42 Å². The second-order valence-corrected chi connectivity index (χ2v) is 3.99. The Morgan fingerprint density at radius 3 is 1.47 bits per heavy atom. The Morgan fingerprint density at radius 1 is 0.647 bits per heavy atom. The van der Waals surface area contributed by atoms with Crippen molar-refractivity contribution in [1.29, 1.82) is 0 Å². The van der Waals surface area contributed by atoms with Crippen molar-refractivity contribution in [3.05, 3.63) is 24.3 Å². The quantitative estimate of drug-likeness (QED) is 0.438. The van der Waals surface area contributed by atoms with Crippen LogP contribution in [0.25, 0.3) is 21.9 Å². The molecule has 2 aromatic carbocycles. The lowest BCUT2D eigenvalue weighted by atomic mass is 10.1. The molecule has 3 rings (SSSR count). The summed E-state index contributed by atoms with van der Waals surface area (Å²) in [5, 5.41) is 1.45. The molecule has 1 heterocycles. The average molecular weight is 228 g/mol. The van der Waals surface area contributed by atoms with E-state index in [-0.39, 0.29) is 0 Å². The molecule has 17 heavy (non-hydrogen) atoms. The number of nitrogens with two attached hydrogens (primary N) is 4. The molecular formula is C12H12N4O. The third-order valence-corrected chi connectivity index (χ3v) is 2.95. The molecule has 1 aromatic heterocycles. The highest BCUT2D eigenvalue weighted by molar-refractivity contribution is 6.19. The van der Waals surface area contributed by atoms with Gasteiger partial charge in [-0.2, -0.15) is 0 Å². The lowest BCUT2D eigenvalue weighted by molar-refractivity contribution is 0.669. The normalized spacial score (nSPS) is 11.3. The first-order valence-electron chi connectivity index (χ1n) is 5.13. The van der Waals surface area contributed by atoms with Gasteiger partial charge in [0.05, 0.1) is 33.5 Å². The second kappa shape index (κ2) is 2.98. The van der Waals surface area contributed by atoms with Gasteiger partial charge >= 0.3 is 0 Å². The molecule has 0 unspecified atom stereocenters. The Balaban J connectivity index is 2.65. The van der Waals surface area contributed by atoms with Crippen LogP contribution in [-0.4, -0.2) is 0 Å². The van der Waals surface area contributed by atoms with Crippen molar-refractivity contribution in [3.63, 3.8) is 0 Å². The van der Waals surface area contributed by atoms with Gasteiger partial charge in [0.25, 0.3) is 0 Å². The van der Waals surface area contributed by atoms with Crippen molar-refractivity contribution >= 4 is 44.7 Å². The lowest BCUT2D eigenvalue weighted by Gasteiger charge is -2.03. The van der Waals surface area contributed by atoms with Gasteiger partial charge in [0, 0.05) is 0 Å². The number of hydrogen-bond acceptors (Lipinski definition) is 5. The van der Waals surface area contributed by atoms with E-state index in [4.69, 9.17) is 27.4 Å². The largest absolute Gasteiger partial charge is 0.456 e. The van der Waals surface area contributed by atoms with Crippen LogP contribution in [0, 0.1) is 0 Å². The van der Waals surface area contributed by atoms with Gasteiger partial charge in [-0.3, -0.25) is 0 Å². The second-order valence-electron chi connectivity index (χ2n) is 3.99. The van der Waals surface area contributed by atoms with Gasteiger partial charge in [-0.1, -0.05) is 0 Å². The fourth-order valence-electron chi connectivity index (χ4n) is 2.04. The molecule has 3 aromatic rings. The molecule has 0 aliphatic carbocycles. The minimum absolute atomic E-state index is 0.471. The minimum Gasteiger partial charge on any atom is -0.456 e. The smallest absolute Gasteiger partial charge is 0.137 e. The molecule has 0 spiro atoms. The maximum atomic E-state index is 5.97. The van der Waals surface area contributed by atoms with Crippen LogP contribution in [0.4, 0.5) is 22.7 Å². The predicted octanol–water partition coefficient (Wildman–Crippen LogP) is 1.91. The molecule has 0 saturated heterocycles. The number of benzene rings is 2. The summed E-state index contributed by atoms with van der Waals surface area (Å²) in [5.74, 6) is 0. The predicted molar refractivity (Wildman–Crippen MR) is 71.4 cm³/mol. The number of fused-ring (bicyclic) bond motifs is 3. The van der Waals surface area contributed by atoms with Crippen molar-refractivity contribution in [3.8, 4) is 0 Å². The summed E-state index contributed by atoms with van der Waals surface area (Å²) in [6.45, 7) is 0. The highest BCUT2D eigenvalue weighted by Crippen LogP contribution is 2.40. The third-order valence-electron chi connectivity index (χ3n) is 2.95. The van der Waals surface area contributed by atoms with Crippen LogP contribution in [0.3, 0.4) is 0 Å². The number of anilines is 4. The van der Waals surface area contributed by atoms with Crippen LogP contribution in [0.5, 0.6) is 0 Å². The van der Waals surface area contributed by atoms with Gasteiger partial charge < -0.3 is 27.4 Å². The molecule has 0 aliphatic rings. The van der Waals surface area contributed by atoms with Crippen LogP contribution < -0.4 is 22.9 Å². The zero-order valence-electron chi connectivity index (χ0n) is 9.03. The van der Waals surface area contributed by atoms with Crippen molar-refractivity contribution in [1.82, 2.24) is 0 Å². The topological polar surface area (TPSA) is 117 Å². The van der Waals surface area contributed by atoms with Gasteiger partial charge in [-0.25, -0.2) is 0 Å². The number of nitrogen functional groups attached to an aromatic ring is 4. The van der Waals surface area contributed by atoms with E-state index < -0.39 is 0 Å². The summed E-state index contributed by atoms with van der Waals surface area (Å²) in [5.41, 5.74) is 26.8. The Labute approximate surface area is 96.9 Å². The lowest BCUT2D eigenvalue weighted by Crippen LogP contribution is -1.97. The number of hydrogen-bond donors (Lipinski definition) is 4. The molecule has 0 radical (unpaired) electrons. The minimum atomic E-state index is 0.471. The van der Waals surface area contributed by atoms with Crippen LogP contribution in [0.15, 0.2) is 28.7 Å². The van der Waals surface area contributed by atoms with E-state index >= 15 is 0 Å². The monoisotopic (exact) mass is 228 g/mol. The summed E-state index contributed by atoms with van der Waals surface area (Å²) in [6, 6.07) is 6.96. The summed E-state index contributed by atoms with van der Waals surface area (Å²) >= 11 is 0. The molecule has 0 amide bonds. The molecule has 5 heteroatoms. The summed E-state index contributed by atoms with van der Waals surface area (Å²) in [6.07, 6.45) is 0. The highest BCUT2D eigenvalue weighted by atomic mass is 16.3. The van der Waals surface area contributed by atoms with Crippen LogP contribution >= 0.6 is 0 Å². The molecule has 0 aliphatic heterocycles. The Bertz CT molecular complexity index is 683. The van der Waals surface area contributed by atoms with Gasteiger partial charge in [-0.15, -0.1) is 0 Å². The van der Waals surface area contributed by atoms with E-state index in [2.05, 4.69) is 0 Å². The highest BCUT2D eigenvalue weighted by Gasteiger charge is 2.15. The van der Waals surface area contributed by atoms with E-state index in [1.54, 1.807) is 24.3 Å². The summed E-state index contributed by atoms with van der Waals surface area (Å²) < 4.78 is 5.65. The first-order chi connectivity index (χ1) is 8.09. The molecular weight excluding hydrogens is 216 g/mol. The zero-order chi connectivity index (χ0) is 12.2. The summed E-state index contributed by atoms with van der Waals surface area (Å²) in [7, 11) is 0. The van der Waals surface area contributed by atoms with Gasteiger partial charge in [0.1, 0.15) is 11.2 Å². The Kier molecular flexibility index (Phi) is 1.69. The maximum absolute atomic E-state index is 5.97. The first kappa shape index (κ1) is 9.65. The molecule has 0 atom stereocenters. The van der Waals surface area contributed by atoms with E-state index in [0.29, 0.717) is 33.9 Å². The average Bonchev–Trinajstić information content (AvgIpc) is 2.69. The number of rotatable bonds is 0. The maximum Gasteiger partial charge on any atom is 0.137 e. The van der Waals surface area contributed by atoms with Gasteiger partial charge in [0.2, 0.25) is 0 Å². The molecule has 0 saturated carbocycles. The number of furan rings is 1. The van der Waals surface area contributed by atoms with Gasteiger partial charge in [0.15, 0.2) is 0 Å². The zero-order valence-corrected chi connectivity index (χ0v) is 9.03. The van der Waals surface area contributed by atoms with E-state index in [0.717, 1.165) is 10.8 Å². The molecule has 0 bridgehead atoms. The van der Waals surface area contributed by atoms with E-state index in [1.807, 2.05) is 0 Å². The Morgan fingerprint density at radius 2 is 1.06 bits per heavy atom. The summed E-state index contributed by atoms with van der Waals surface area (Å²) in [4.78, 5) is 0. The molecule has 86 valence electrons. The molecule has 8 N–H and O–H groups in total. The van der Waals surface area contributed by atoms with Crippen LogP contribution in [0.2, 0.25) is 0 Å². The fraction of sp³-hybridized carbons (Fsp3) is 0. The molecule has 5 nitrogen and oxygen atoms in total. The van der Waals surface area contributed by atoms with Crippen LogP contribution in [-0.2, 0) is 0 Å². The first-order valence-corrected chi connectivity index (χ1v) is 5.13. The van der Waals surface area contributed by atoms with E-state index in [9.17, 15) is 0 Å². The van der Waals surface area contributed by atoms with Crippen molar-refractivity contribution in [2.75, 3.05) is 22.9 Å². The molecule has 0 fully saturated rings. The fourth-order valence-corrected chi connectivity index (χ4v) is 2.04. The third kappa shape index (κ3) is 1.13. The van der Waals surface area contributed by atoms with Gasteiger partial charge in [-0.05, 0) is 24.3 Å². The SMILES string of the molecule is Nc1ccc2oc3ccc(N)c(N)c3c2c1N. The van der Waals surface area contributed by atoms with Crippen molar-refractivity contribution in [2.45, 2.75) is 0 Å².